The van der Waals surface area contributed by atoms with E-state index in [0.29, 0.717) is 0 Å². The lowest BCUT2D eigenvalue weighted by Gasteiger charge is -2.17. The maximum absolute atomic E-state index is 11.8. The second kappa shape index (κ2) is 7.25. The molecule has 0 aliphatic carbocycles. The molecule has 0 atom stereocenters. The lowest BCUT2D eigenvalue weighted by Crippen LogP contribution is -2.29. The second-order valence-electron chi connectivity index (χ2n) is 4.25. The van der Waals surface area contributed by atoms with Crippen LogP contribution in [0.25, 0.3) is 0 Å². The molecule has 118 valence electrons. The summed E-state index contributed by atoms with van der Waals surface area (Å²) in [5.74, 6) is -1.01. The zero-order valence-electron chi connectivity index (χ0n) is 12.0. The Hall–Kier alpha value is -1.84. The predicted molar refractivity (Wildman–Crippen MR) is 77.0 cm³/mol. The van der Waals surface area contributed by atoms with E-state index >= 15 is 0 Å². The number of ether oxygens (including phenoxy) is 2. The molecule has 21 heavy (non-hydrogen) atoms. The van der Waals surface area contributed by atoms with Gasteiger partial charge in [-0.3, -0.25) is 4.72 Å². The number of carboxylic acids is 1. The smallest absolute Gasteiger partial charge is 0.335 e. The van der Waals surface area contributed by atoms with E-state index in [1.807, 2.05) is 0 Å². The van der Waals surface area contributed by atoms with Crippen LogP contribution >= 0.6 is 0 Å². The first-order valence-electron chi connectivity index (χ1n) is 5.97. The first-order chi connectivity index (χ1) is 9.77. The van der Waals surface area contributed by atoms with Crippen molar-refractivity contribution in [1.82, 2.24) is 4.31 Å². The molecule has 1 aromatic carbocycles. The van der Waals surface area contributed by atoms with Crippen LogP contribution in [0.3, 0.4) is 0 Å². The summed E-state index contributed by atoms with van der Waals surface area (Å²) < 4.78 is 37.1. The molecule has 1 aromatic rings. The molecule has 0 unspecified atom stereocenters. The average Bonchev–Trinajstić information content (AvgIpc) is 2.40. The van der Waals surface area contributed by atoms with E-state index in [9.17, 15) is 13.2 Å². The number of aromatic carboxylic acids is 1. The molecule has 0 fully saturated rings. The lowest BCUT2D eigenvalue weighted by molar-refractivity contribution is 0.0696. The van der Waals surface area contributed by atoms with E-state index < -0.39 is 16.2 Å². The maximum atomic E-state index is 11.8. The third-order valence-corrected chi connectivity index (χ3v) is 3.93. The number of benzene rings is 1. The van der Waals surface area contributed by atoms with Crippen molar-refractivity contribution in [3.05, 3.63) is 23.8 Å². The highest BCUT2D eigenvalue weighted by molar-refractivity contribution is 7.90. The van der Waals surface area contributed by atoms with Gasteiger partial charge < -0.3 is 14.6 Å². The van der Waals surface area contributed by atoms with Crippen LogP contribution in [0.1, 0.15) is 10.4 Å². The van der Waals surface area contributed by atoms with E-state index in [0.717, 1.165) is 4.31 Å². The van der Waals surface area contributed by atoms with Crippen molar-refractivity contribution >= 4 is 21.9 Å². The second-order valence-corrected chi connectivity index (χ2v) is 6.13. The standard InChI is InChI=1S/C12H18N2O6S/c1-14(2)21(17,18)13-10-5-4-9(12(15)16)8-11(10)20-7-6-19-3/h4-5,8,13H,6-7H2,1-3H3,(H,15,16). The summed E-state index contributed by atoms with van der Waals surface area (Å²) in [6, 6.07) is 3.89. The molecule has 0 bridgehead atoms. The SMILES string of the molecule is COCCOc1cc(C(=O)O)ccc1NS(=O)(=O)N(C)C. The summed E-state index contributed by atoms with van der Waals surface area (Å²) >= 11 is 0. The van der Waals surface area contributed by atoms with Crippen molar-refractivity contribution in [2.45, 2.75) is 0 Å². The Bertz CT molecular complexity index is 600. The van der Waals surface area contributed by atoms with Crippen LogP contribution in [0.4, 0.5) is 5.69 Å². The summed E-state index contributed by atoms with van der Waals surface area (Å²) in [7, 11) is 0.529. The van der Waals surface area contributed by atoms with Gasteiger partial charge in [0.05, 0.1) is 17.9 Å². The van der Waals surface area contributed by atoms with E-state index in [-0.39, 0.29) is 30.2 Å². The molecule has 1 rings (SSSR count). The van der Waals surface area contributed by atoms with Crippen LogP contribution in [0, 0.1) is 0 Å². The van der Waals surface area contributed by atoms with Gasteiger partial charge in [0, 0.05) is 21.2 Å². The van der Waals surface area contributed by atoms with Crippen molar-refractivity contribution < 1.29 is 27.8 Å². The number of methoxy groups -OCH3 is 1. The van der Waals surface area contributed by atoms with Crippen LogP contribution in [0.5, 0.6) is 5.75 Å². The number of carbonyl (C=O) groups is 1. The minimum absolute atomic E-state index is 0.00443. The van der Waals surface area contributed by atoms with Crippen molar-refractivity contribution in [3.8, 4) is 5.75 Å². The summed E-state index contributed by atoms with van der Waals surface area (Å²) in [6.45, 7) is 0.452. The monoisotopic (exact) mass is 318 g/mol. The van der Waals surface area contributed by atoms with Crippen LogP contribution in [0.15, 0.2) is 18.2 Å². The van der Waals surface area contributed by atoms with Gasteiger partial charge in [-0.25, -0.2) is 4.79 Å². The highest BCUT2D eigenvalue weighted by atomic mass is 32.2. The highest BCUT2D eigenvalue weighted by Gasteiger charge is 2.17. The summed E-state index contributed by atoms with van der Waals surface area (Å²) in [4.78, 5) is 11.0. The molecule has 2 N–H and O–H groups in total. The number of anilines is 1. The summed E-state index contributed by atoms with van der Waals surface area (Å²) in [5.41, 5.74) is 0.153. The van der Waals surface area contributed by atoms with Gasteiger partial charge in [0.15, 0.2) is 0 Å². The third-order valence-electron chi connectivity index (χ3n) is 2.49. The Balaban J connectivity index is 3.09. The van der Waals surface area contributed by atoms with E-state index in [1.54, 1.807) is 0 Å². The van der Waals surface area contributed by atoms with E-state index in [2.05, 4.69) is 4.72 Å². The first kappa shape index (κ1) is 17.2. The van der Waals surface area contributed by atoms with Gasteiger partial charge in [-0.1, -0.05) is 0 Å². The van der Waals surface area contributed by atoms with Crippen LogP contribution < -0.4 is 9.46 Å². The van der Waals surface area contributed by atoms with Crippen molar-refractivity contribution in [3.63, 3.8) is 0 Å². The number of nitrogens with one attached hydrogen (secondary N) is 1. The van der Waals surface area contributed by atoms with E-state index in [1.165, 1.54) is 39.4 Å². The van der Waals surface area contributed by atoms with Gasteiger partial charge in [-0.2, -0.15) is 12.7 Å². The summed E-state index contributed by atoms with van der Waals surface area (Å²) in [5, 5.41) is 8.97. The Morgan fingerprint density at radius 3 is 2.52 bits per heavy atom. The Morgan fingerprint density at radius 1 is 1.33 bits per heavy atom. The van der Waals surface area contributed by atoms with Gasteiger partial charge in [0.25, 0.3) is 0 Å². The minimum atomic E-state index is -3.71. The molecule has 0 aliphatic rings. The van der Waals surface area contributed by atoms with Crippen molar-refractivity contribution in [2.24, 2.45) is 0 Å². The van der Waals surface area contributed by atoms with Gasteiger partial charge in [0.1, 0.15) is 12.4 Å². The fourth-order valence-electron chi connectivity index (χ4n) is 1.32. The predicted octanol–water partition coefficient (Wildman–Crippen LogP) is 0.628. The Morgan fingerprint density at radius 2 is 2.00 bits per heavy atom. The maximum Gasteiger partial charge on any atom is 0.335 e. The molecule has 0 saturated carbocycles. The Kier molecular flexibility index (Phi) is 5.94. The number of rotatable bonds is 8. The topological polar surface area (TPSA) is 105 Å². The number of nitrogens with zero attached hydrogens (tertiary/aromatic N) is 1. The largest absolute Gasteiger partial charge is 0.489 e. The molecular formula is C12H18N2O6S. The van der Waals surface area contributed by atoms with Gasteiger partial charge in [0.2, 0.25) is 0 Å². The molecule has 0 heterocycles. The molecule has 0 aromatic heterocycles. The quantitative estimate of drug-likeness (QED) is 0.681. The molecular weight excluding hydrogens is 300 g/mol. The van der Waals surface area contributed by atoms with Crippen molar-refractivity contribution in [1.29, 1.82) is 0 Å². The van der Waals surface area contributed by atoms with Crippen LogP contribution in [-0.2, 0) is 14.9 Å². The fraction of sp³-hybridized carbons (Fsp3) is 0.417. The van der Waals surface area contributed by atoms with Crippen molar-refractivity contribution in [2.75, 3.05) is 39.1 Å². The van der Waals surface area contributed by atoms with Crippen LogP contribution in [-0.4, -0.2) is 58.2 Å². The first-order valence-corrected chi connectivity index (χ1v) is 7.41. The molecule has 9 heteroatoms. The lowest BCUT2D eigenvalue weighted by atomic mass is 10.2. The van der Waals surface area contributed by atoms with Crippen LogP contribution in [0.2, 0.25) is 0 Å². The molecule has 0 radical (unpaired) electrons. The highest BCUT2D eigenvalue weighted by Crippen LogP contribution is 2.27. The number of hydrogen-bond donors (Lipinski definition) is 2. The molecule has 0 amide bonds. The minimum Gasteiger partial charge on any atom is -0.489 e. The van der Waals surface area contributed by atoms with Gasteiger partial charge >= 0.3 is 16.2 Å². The third kappa shape index (κ3) is 4.88. The number of carboxylic acid groups (broad SMARTS) is 1. The fourth-order valence-corrected chi connectivity index (χ4v) is 1.95. The molecule has 0 saturated heterocycles. The average molecular weight is 318 g/mol. The molecule has 0 spiro atoms. The zero-order valence-corrected chi connectivity index (χ0v) is 12.8. The molecule has 0 aliphatic heterocycles. The number of hydrogen-bond acceptors (Lipinski definition) is 5. The van der Waals surface area contributed by atoms with Gasteiger partial charge in [-0.05, 0) is 18.2 Å². The normalized spacial score (nSPS) is 11.4. The Labute approximate surface area is 123 Å². The van der Waals surface area contributed by atoms with Gasteiger partial charge in [-0.15, -0.1) is 0 Å². The summed E-state index contributed by atoms with van der Waals surface area (Å²) in [6.07, 6.45) is 0. The molecule has 8 nitrogen and oxygen atoms in total. The van der Waals surface area contributed by atoms with E-state index in [4.69, 9.17) is 14.6 Å². The zero-order chi connectivity index (χ0) is 16.0.